The molecule has 0 aliphatic rings. The topological polar surface area (TPSA) is 115 Å². The predicted molar refractivity (Wildman–Crippen MR) is 83.2 cm³/mol. The maximum absolute atomic E-state index is 11.8. The lowest BCUT2D eigenvalue weighted by Gasteiger charge is -2.10. The number of pyridine rings is 1. The highest BCUT2D eigenvalue weighted by Crippen LogP contribution is 2.28. The lowest BCUT2D eigenvalue weighted by molar-refractivity contribution is -0.118. The Morgan fingerprint density at radius 2 is 1.96 bits per heavy atom. The van der Waals surface area contributed by atoms with Gasteiger partial charge in [0.05, 0.1) is 6.54 Å². The number of nitrogens with two attached hydrogens (primary N) is 1. The fourth-order valence-corrected chi connectivity index (χ4v) is 1.82. The monoisotopic (exact) mass is 335 g/mol. The van der Waals surface area contributed by atoms with Gasteiger partial charge in [-0.1, -0.05) is 23.7 Å². The van der Waals surface area contributed by atoms with Crippen LogP contribution in [0.4, 0.5) is 0 Å². The number of amides is 2. The Bertz CT molecular complexity index is 719. The molecule has 0 atom stereocenters. The van der Waals surface area contributed by atoms with E-state index in [4.69, 9.17) is 22.1 Å². The molecular weight excluding hydrogens is 322 g/mol. The van der Waals surface area contributed by atoms with Crippen LogP contribution in [0.1, 0.15) is 16.1 Å². The molecule has 2 aromatic rings. The maximum Gasteiger partial charge on any atom is 0.280 e. The quantitative estimate of drug-likeness (QED) is 0.757. The van der Waals surface area contributed by atoms with Crippen LogP contribution in [0.25, 0.3) is 0 Å². The summed E-state index contributed by atoms with van der Waals surface area (Å²) in [7, 11) is 0. The highest BCUT2D eigenvalue weighted by molar-refractivity contribution is 6.30. The van der Waals surface area contributed by atoms with Gasteiger partial charge in [-0.3, -0.25) is 14.9 Å². The summed E-state index contributed by atoms with van der Waals surface area (Å²) in [5.41, 5.74) is 5.62. The van der Waals surface area contributed by atoms with E-state index >= 15 is 0 Å². The minimum atomic E-state index is -0.852. The zero-order valence-electron chi connectivity index (χ0n) is 12.0. The Morgan fingerprint density at radius 3 is 2.61 bits per heavy atom. The molecule has 8 heteroatoms. The molecule has 1 aromatic carbocycles. The summed E-state index contributed by atoms with van der Waals surface area (Å²) in [6, 6.07) is 8.38. The molecule has 0 saturated carbocycles. The summed E-state index contributed by atoms with van der Waals surface area (Å²) in [5.74, 6) is -1.91. The van der Waals surface area contributed by atoms with Gasteiger partial charge in [-0.15, -0.1) is 0 Å². The number of nitrogens with zero attached hydrogens (tertiary/aromatic N) is 1. The van der Waals surface area contributed by atoms with E-state index in [1.807, 2.05) is 5.32 Å². The van der Waals surface area contributed by atoms with Crippen molar-refractivity contribution >= 4 is 23.4 Å². The van der Waals surface area contributed by atoms with Crippen LogP contribution in [-0.2, 0) is 11.4 Å². The number of benzene rings is 1. The van der Waals surface area contributed by atoms with Crippen molar-refractivity contribution in [3.63, 3.8) is 0 Å². The summed E-state index contributed by atoms with van der Waals surface area (Å²) in [6.45, 7) is -0.184. The number of carbonyl (C=O) groups is 2. The second kappa shape index (κ2) is 7.57. The van der Waals surface area contributed by atoms with Crippen LogP contribution in [0.3, 0.4) is 0 Å². The summed E-state index contributed by atoms with van der Waals surface area (Å²) in [6.07, 6.45) is 1.29. The van der Waals surface area contributed by atoms with Gasteiger partial charge in [0.15, 0.2) is 17.2 Å². The molecule has 1 heterocycles. The third-order valence-corrected chi connectivity index (χ3v) is 3.10. The van der Waals surface area contributed by atoms with E-state index in [1.165, 1.54) is 12.3 Å². The summed E-state index contributed by atoms with van der Waals surface area (Å²) >= 11 is 5.79. The number of nitrogens with one attached hydrogen (secondary N) is 1. The third-order valence-electron chi connectivity index (χ3n) is 2.85. The lowest BCUT2D eigenvalue weighted by atomic mass is 10.2. The zero-order chi connectivity index (χ0) is 16.8. The van der Waals surface area contributed by atoms with Gasteiger partial charge in [0.1, 0.15) is 6.61 Å². The largest absolute Gasteiger partial charge is 0.503 e. The van der Waals surface area contributed by atoms with E-state index in [0.29, 0.717) is 5.02 Å². The van der Waals surface area contributed by atoms with E-state index in [1.54, 1.807) is 24.3 Å². The van der Waals surface area contributed by atoms with Crippen molar-refractivity contribution in [3.8, 4) is 11.5 Å². The Balaban J connectivity index is 2.11. The first-order valence-electron chi connectivity index (χ1n) is 6.60. The standard InChI is InChI=1S/C15H14ClN3O4/c16-10-3-1-9(2-4-10)8-23-11-5-6-18-13(14(11)21)15(22)19-12(20)7-17/h1-6,21H,7-8,17H2,(H,19,20,22). The van der Waals surface area contributed by atoms with Crippen LogP contribution in [0.2, 0.25) is 5.02 Å². The number of aromatic nitrogens is 1. The molecule has 7 nitrogen and oxygen atoms in total. The first-order valence-corrected chi connectivity index (χ1v) is 6.98. The number of imide groups is 1. The first-order chi connectivity index (χ1) is 11.0. The minimum absolute atomic E-state index is 0.0697. The Hall–Kier alpha value is -2.64. The smallest absolute Gasteiger partial charge is 0.280 e. The number of ether oxygens (including phenoxy) is 1. The Morgan fingerprint density at radius 1 is 1.26 bits per heavy atom. The molecule has 4 N–H and O–H groups in total. The number of aromatic hydroxyl groups is 1. The Labute approximate surface area is 137 Å². The van der Waals surface area contributed by atoms with E-state index in [2.05, 4.69) is 4.98 Å². The molecule has 0 saturated heterocycles. The average Bonchev–Trinajstić information content (AvgIpc) is 2.55. The molecule has 120 valence electrons. The molecule has 0 aliphatic carbocycles. The van der Waals surface area contributed by atoms with Crippen molar-refractivity contribution in [3.05, 3.63) is 52.8 Å². The van der Waals surface area contributed by atoms with Crippen LogP contribution < -0.4 is 15.8 Å². The van der Waals surface area contributed by atoms with Gasteiger partial charge < -0.3 is 15.6 Å². The van der Waals surface area contributed by atoms with Crippen molar-refractivity contribution < 1.29 is 19.4 Å². The molecule has 0 radical (unpaired) electrons. The van der Waals surface area contributed by atoms with E-state index in [-0.39, 0.29) is 24.6 Å². The zero-order valence-corrected chi connectivity index (χ0v) is 12.7. The molecule has 0 spiro atoms. The predicted octanol–water partition coefficient (Wildman–Crippen LogP) is 1.23. The second-order valence-electron chi connectivity index (χ2n) is 4.50. The summed E-state index contributed by atoms with van der Waals surface area (Å²) in [4.78, 5) is 26.7. The van der Waals surface area contributed by atoms with Crippen molar-refractivity contribution in [2.45, 2.75) is 6.61 Å². The number of carbonyl (C=O) groups excluding carboxylic acids is 2. The van der Waals surface area contributed by atoms with Gasteiger partial charge in [-0.05, 0) is 17.7 Å². The normalized spacial score (nSPS) is 10.2. The highest BCUT2D eigenvalue weighted by Gasteiger charge is 2.18. The van der Waals surface area contributed by atoms with Crippen molar-refractivity contribution in [1.82, 2.24) is 10.3 Å². The van der Waals surface area contributed by atoms with Crippen LogP contribution in [0.15, 0.2) is 36.5 Å². The number of hydrogen-bond acceptors (Lipinski definition) is 6. The molecule has 0 aliphatic heterocycles. The van der Waals surface area contributed by atoms with Gasteiger partial charge >= 0.3 is 0 Å². The van der Waals surface area contributed by atoms with Crippen LogP contribution in [0, 0.1) is 0 Å². The van der Waals surface area contributed by atoms with Gasteiger partial charge in [0.2, 0.25) is 5.91 Å². The van der Waals surface area contributed by atoms with E-state index in [0.717, 1.165) is 5.56 Å². The molecule has 0 unspecified atom stereocenters. The summed E-state index contributed by atoms with van der Waals surface area (Å²) < 4.78 is 5.46. The number of hydrogen-bond donors (Lipinski definition) is 3. The van der Waals surface area contributed by atoms with Gasteiger partial charge in [0.25, 0.3) is 5.91 Å². The molecule has 0 fully saturated rings. The SMILES string of the molecule is NCC(=O)NC(=O)c1nccc(OCc2ccc(Cl)cc2)c1O. The minimum Gasteiger partial charge on any atom is -0.503 e. The fourth-order valence-electron chi connectivity index (χ4n) is 1.70. The molecule has 1 aromatic heterocycles. The van der Waals surface area contributed by atoms with Gasteiger partial charge in [-0.25, -0.2) is 4.98 Å². The second-order valence-corrected chi connectivity index (χ2v) is 4.94. The average molecular weight is 336 g/mol. The van der Waals surface area contributed by atoms with Crippen molar-refractivity contribution in [2.75, 3.05) is 6.54 Å². The van der Waals surface area contributed by atoms with Crippen LogP contribution in [0.5, 0.6) is 11.5 Å². The molecule has 2 amide bonds. The Kier molecular flexibility index (Phi) is 5.51. The van der Waals surface area contributed by atoms with Gasteiger partial charge in [0, 0.05) is 17.3 Å². The lowest BCUT2D eigenvalue weighted by Crippen LogP contribution is -2.35. The van der Waals surface area contributed by atoms with Gasteiger partial charge in [-0.2, -0.15) is 0 Å². The molecular formula is C15H14ClN3O4. The van der Waals surface area contributed by atoms with Crippen molar-refractivity contribution in [1.29, 1.82) is 0 Å². The van der Waals surface area contributed by atoms with E-state index in [9.17, 15) is 14.7 Å². The summed E-state index contributed by atoms with van der Waals surface area (Å²) in [5, 5.41) is 12.7. The molecule has 23 heavy (non-hydrogen) atoms. The first kappa shape index (κ1) is 16.7. The molecule has 2 rings (SSSR count). The number of halogens is 1. The highest BCUT2D eigenvalue weighted by atomic mass is 35.5. The van der Waals surface area contributed by atoms with E-state index < -0.39 is 17.6 Å². The maximum atomic E-state index is 11.8. The molecule has 0 bridgehead atoms. The third kappa shape index (κ3) is 4.41. The van der Waals surface area contributed by atoms with Crippen LogP contribution >= 0.6 is 11.6 Å². The number of rotatable bonds is 5. The fraction of sp³-hybridized carbons (Fsp3) is 0.133. The van der Waals surface area contributed by atoms with Crippen LogP contribution in [-0.4, -0.2) is 28.4 Å². The van der Waals surface area contributed by atoms with Crippen molar-refractivity contribution in [2.24, 2.45) is 5.73 Å².